The van der Waals surface area contributed by atoms with Gasteiger partial charge in [-0.3, -0.25) is 9.59 Å². The van der Waals surface area contributed by atoms with Crippen LogP contribution in [-0.4, -0.2) is 60.2 Å². The summed E-state index contributed by atoms with van der Waals surface area (Å²) >= 11 is 3.18. The molecule has 1 aromatic rings. The van der Waals surface area contributed by atoms with Crippen LogP contribution in [0, 0.1) is 5.92 Å². The largest absolute Gasteiger partial charge is 0.422 e. The molecular formula is C18H26BrN3O7. The monoisotopic (exact) mass is 475 g/mol. The first-order valence-electron chi connectivity index (χ1n) is 9.04. The lowest BCUT2D eigenvalue weighted by Crippen LogP contribution is -2.46. The number of carbonyl (C=O) groups is 2. The standard InChI is InChI=1S/C11H10BrN3O4.C7H16O3/c1-11(2)18-8(16)7(9(17)19-11)5-15-10-13-3-6(12)4-14-10;1-4-8-7(9-5-2)10-6-3/h3-5,7H,1-2H3;7H,4-6H2,1-3H3. The van der Waals surface area contributed by atoms with Gasteiger partial charge in [-0.25, -0.2) is 15.0 Å². The van der Waals surface area contributed by atoms with Gasteiger partial charge < -0.3 is 23.7 Å². The molecule has 162 valence electrons. The summed E-state index contributed by atoms with van der Waals surface area (Å²) in [6.07, 6.45) is 4.11. The van der Waals surface area contributed by atoms with Crippen molar-refractivity contribution in [2.45, 2.75) is 46.9 Å². The predicted octanol–water partition coefficient (Wildman–Crippen LogP) is 2.77. The summed E-state index contributed by atoms with van der Waals surface area (Å²) in [6, 6.07) is 0. The molecule has 11 heteroatoms. The van der Waals surface area contributed by atoms with E-state index in [0.29, 0.717) is 24.3 Å². The van der Waals surface area contributed by atoms with Crippen LogP contribution in [0.1, 0.15) is 34.6 Å². The number of ether oxygens (including phenoxy) is 5. The Morgan fingerprint density at radius 3 is 1.93 bits per heavy atom. The van der Waals surface area contributed by atoms with E-state index in [9.17, 15) is 9.59 Å². The van der Waals surface area contributed by atoms with E-state index in [1.807, 2.05) is 20.8 Å². The van der Waals surface area contributed by atoms with Crippen molar-refractivity contribution in [3.8, 4) is 0 Å². The molecule has 0 amide bonds. The van der Waals surface area contributed by atoms with Crippen LogP contribution in [0.15, 0.2) is 21.9 Å². The number of nitrogens with zero attached hydrogens (tertiary/aromatic N) is 3. The number of esters is 2. The van der Waals surface area contributed by atoms with Gasteiger partial charge >= 0.3 is 11.9 Å². The van der Waals surface area contributed by atoms with Crippen LogP contribution in [0.25, 0.3) is 0 Å². The highest BCUT2D eigenvalue weighted by atomic mass is 79.9. The third-order valence-corrected chi connectivity index (χ3v) is 3.46. The topological polar surface area (TPSA) is 118 Å². The van der Waals surface area contributed by atoms with E-state index in [1.165, 1.54) is 26.2 Å². The fourth-order valence-corrected chi connectivity index (χ4v) is 2.12. The number of cyclic esters (lactones) is 2. The average molecular weight is 476 g/mol. The van der Waals surface area contributed by atoms with E-state index < -0.39 is 30.1 Å². The van der Waals surface area contributed by atoms with Crippen LogP contribution in [0.5, 0.6) is 0 Å². The predicted molar refractivity (Wildman–Crippen MR) is 106 cm³/mol. The second-order valence-electron chi connectivity index (χ2n) is 5.85. The zero-order valence-electron chi connectivity index (χ0n) is 17.1. The Labute approximate surface area is 178 Å². The molecule has 1 saturated heterocycles. The van der Waals surface area contributed by atoms with E-state index in [4.69, 9.17) is 23.7 Å². The maximum atomic E-state index is 11.6. The average Bonchev–Trinajstić information content (AvgIpc) is 2.63. The minimum atomic E-state index is -1.24. The molecule has 0 atom stereocenters. The second kappa shape index (κ2) is 12.6. The molecule has 1 aliphatic rings. The molecule has 2 heterocycles. The Morgan fingerprint density at radius 1 is 1.07 bits per heavy atom. The van der Waals surface area contributed by atoms with Gasteiger partial charge in [-0.2, -0.15) is 0 Å². The van der Waals surface area contributed by atoms with Gasteiger partial charge in [0.05, 0.1) is 4.47 Å². The first kappa shape index (κ1) is 25.1. The fourth-order valence-electron chi connectivity index (χ4n) is 1.92. The molecule has 1 fully saturated rings. The third-order valence-electron chi connectivity index (χ3n) is 3.05. The number of hydrogen-bond acceptors (Lipinski definition) is 10. The highest BCUT2D eigenvalue weighted by Gasteiger charge is 2.42. The summed E-state index contributed by atoms with van der Waals surface area (Å²) in [5.74, 6) is -3.72. The molecule has 0 aliphatic carbocycles. The summed E-state index contributed by atoms with van der Waals surface area (Å²) in [5, 5.41) is 0. The second-order valence-corrected chi connectivity index (χ2v) is 6.77. The van der Waals surface area contributed by atoms with E-state index in [2.05, 4.69) is 30.9 Å². The first-order chi connectivity index (χ1) is 13.7. The van der Waals surface area contributed by atoms with Gasteiger partial charge in [-0.05, 0) is 36.7 Å². The van der Waals surface area contributed by atoms with Crippen molar-refractivity contribution in [1.82, 2.24) is 9.97 Å². The van der Waals surface area contributed by atoms with Gasteiger partial charge in [0.15, 0.2) is 5.92 Å². The molecule has 0 bridgehead atoms. The van der Waals surface area contributed by atoms with Crippen molar-refractivity contribution in [2.75, 3.05) is 19.8 Å². The Kier molecular flexibility index (Phi) is 10.9. The Balaban J connectivity index is 0.000000359. The molecule has 10 nitrogen and oxygen atoms in total. The van der Waals surface area contributed by atoms with Crippen LogP contribution in [0.3, 0.4) is 0 Å². The van der Waals surface area contributed by atoms with Gasteiger partial charge in [-0.15, -0.1) is 0 Å². The summed E-state index contributed by atoms with van der Waals surface area (Å²) in [7, 11) is 0. The molecule has 0 N–H and O–H groups in total. The maximum Gasteiger partial charge on any atom is 0.329 e. The van der Waals surface area contributed by atoms with Gasteiger partial charge in [-0.1, -0.05) is 0 Å². The molecule has 0 saturated carbocycles. The van der Waals surface area contributed by atoms with Crippen LogP contribution in [0.4, 0.5) is 5.95 Å². The molecule has 1 aromatic heterocycles. The van der Waals surface area contributed by atoms with Crippen molar-refractivity contribution < 1.29 is 33.3 Å². The number of carbonyl (C=O) groups excluding carboxylic acids is 2. The van der Waals surface area contributed by atoms with Crippen LogP contribution in [-0.2, 0) is 33.3 Å². The summed E-state index contributed by atoms with van der Waals surface area (Å²) in [5.41, 5.74) is 0. The Hall–Kier alpha value is -1.95. The molecular weight excluding hydrogens is 450 g/mol. The van der Waals surface area contributed by atoms with Crippen molar-refractivity contribution in [2.24, 2.45) is 10.9 Å². The minimum absolute atomic E-state index is 0.133. The van der Waals surface area contributed by atoms with Gasteiger partial charge in [0.1, 0.15) is 0 Å². The van der Waals surface area contributed by atoms with Gasteiger partial charge in [0.2, 0.25) is 5.95 Å². The lowest BCUT2D eigenvalue weighted by Gasteiger charge is -2.31. The van der Waals surface area contributed by atoms with Crippen LogP contribution in [0.2, 0.25) is 0 Å². The normalized spacial score (nSPS) is 16.4. The maximum absolute atomic E-state index is 11.6. The van der Waals surface area contributed by atoms with Crippen molar-refractivity contribution >= 4 is 40.0 Å². The first-order valence-corrected chi connectivity index (χ1v) is 9.83. The SMILES string of the molecule is CC1(C)OC(=O)C(C=Nc2ncc(Br)cn2)C(=O)O1.CCOC(OCC)OCC. The third kappa shape index (κ3) is 9.39. The van der Waals surface area contributed by atoms with Gasteiger partial charge in [0.25, 0.3) is 12.3 Å². The molecule has 1 aliphatic heterocycles. The van der Waals surface area contributed by atoms with E-state index >= 15 is 0 Å². The molecule has 0 spiro atoms. The molecule has 29 heavy (non-hydrogen) atoms. The fraction of sp³-hybridized carbons (Fsp3) is 0.611. The number of aliphatic imine (C=N–C) groups is 1. The molecule has 2 rings (SSSR count). The molecule has 0 unspecified atom stereocenters. The number of rotatable bonds is 8. The molecule has 0 radical (unpaired) electrons. The van der Waals surface area contributed by atoms with Crippen LogP contribution < -0.4 is 0 Å². The lowest BCUT2D eigenvalue weighted by atomic mass is 10.1. The van der Waals surface area contributed by atoms with E-state index in [-0.39, 0.29) is 5.95 Å². The summed E-state index contributed by atoms with van der Waals surface area (Å²) < 4.78 is 25.8. The van der Waals surface area contributed by atoms with Crippen molar-refractivity contribution in [3.63, 3.8) is 0 Å². The van der Waals surface area contributed by atoms with E-state index in [0.717, 1.165) is 6.21 Å². The zero-order valence-corrected chi connectivity index (χ0v) is 18.7. The molecule has 0 aromatic carbocycles. The van der Waals surface area contributed by atoms with E-state index in [1.54, 1.807) is 0 Å². The smallest absolute Gasteiger partial charge is 0.329 e. The number of hydrogen-bond donors (Lipinski definition) is 0. The minimum Gasteiger partial charge on any atom is -0.422 e. The van der Waals surface area contributed by atoms with Gasteiger partial charge in [0, 0.05) is 52.3 Å². The Morgan fingerprint density at radius 2 is 1.52 bits per heavy atom. The number of halogens is 1. The Bertz CT molecular complexity index is 648. The van der Waals surface area contributed by atoms with Crippen LogP contribution >= 0.6 is 15.9 Å². The zero-order chi connectivity index (χ0) is 21.9. The number of aromatic nitrogens is 2. The summed E-state index contributed by atoms with van der Waals surface area (Å²) in [4.78, 5) is 34.9. The lowest BCUT2D eigenvalue weighted by molar-refractivity contribution is -0.282. The summed E-state index contributed by atoms with van der Waals surface area (Å²) in [6.45, 7) is 10.1. The van der Waals surface area contributed by atoms with Crippen molar-refractivity contribution in [1.29, 1.82) is 0 Å². The quantitative estimate of drug-likeness (QED) is 0.242. The highest BCUT2D eigenvalue weighted by Crippen LogP contribution is 2.22. The highest BCUT2D eigenvalue weighted by molar-refractivity contribution is 9.10. The van der Waals surface area contributed by atoms with Crippen molar-refractivity contribution in [3.05, 3.63) is 16.9 Å².